The summed E-state index contributed by atoms with van der Waals surface area (Å²) in [5.41, 5.74) is 1.22. The number of allylic oxidation sites excluding steroid dienone is 1. The molecule has 1 aliphatic heterocycles. The van der Waals surface area contributed by atoms with E-state index in [1.165, 1.54) is 5.57 Å². The summed E-state index contributed by atoms with van der Waals surface area (Å²) in [7, 11) is 0. The molecule has 0 aromatic carbocycles. The van der Waals surface area contributed by atoms with Crippen LogP contribution in [0.3, 0.4) is 0 Å². The molecule has 1 amide bonds. The highest BCUT2D eigenvalue weighted by Crippen LogP contribution is 2.29. The highest BCUT2D eigenvalue weighted by molar-refractivity contribution is 5.89. The lowest BCUT2D eigenvalue weighted by atomic mass is 10.1. The van der Waals surface area contributed by atoms with Crippen molar-refractivity contribution in [2.45, 2.75) is 32.6 Å². The highest BCUT2D eigenvalue weighted by Gasteiger charge is 2.30. The second kappa shape index (κ2) is 4.90. The van der Waals surface area contributed by atoms with Gasteiger partial charge in [-0.25, -0.2) is 0 Å². The number of carboxylic acid groups (broad SMARTS) is 1. The first-order valence-electron chi connectivity index (χ1n) is 6.27. The van der Waals surface area contributed by atoms with Crippen LogP contribution in [0.25, 0.3) is 0 Å². The van der Waals surface area contributed by atoms with Gasteiger partial charge in [-0.1, -0.05) is 12.5 Å². The van der Waals surface area contributed by atoms with Crippen LogP contribution in [0.1, 0.15) is 32.6 Å². The zero-order chi connectivity index (χ0) is 12.4. The second-order valence-electron chi connectivity index (χ2n) is 5.26. The number of amides is 1. The van der Waals surface area contributed by atoms with Crippen molar-refractivity contribution < 1.29 is 14.7 Å². The zero-order valence-electron chi connectivity index (χ0n) is 10.2. The first kappa shape index (κ1) is 12.1. The largest absolute Gasteiger partial charge is 0.481 e. The Hall–Kier alpha value is -1.32. The molecule has 1 saturated carbocycles. The Morgan fingerprint density at radius 3 is 2.71 bits per heavy atom. The third-order valence-corrected chi connectivity index (χ3v) is 3.75. The van der Waals surface area contributed by atoms with Crippen LogP contribution in [0, 0.1) is 11.8 Å². The van der Waals surface area contributed by atoms with Gasteiger partial charge in [-0.05, 0) is 31.6 Å². The Morgan fingerprint density at radius 1 is 1.41 bits per heavy atom. The minimum atomic E-state index is -0.789. The van der Waals surface area contributed by atoms with Crippen molar-refractivity contribution in [3.63, 3.8) is 0 Å². The maximum absolute atomic E-state index is 11.9. The van der Waals surface area contributed by atoms with Gasteiger partial charge in [0, 0.05) is 19.2 Å². The normalized spacial score (nSPS) is 31.1. The maximum Gasteiger partial charge on any atom is 0.308 e. The van der Waals surface area contributed by atoms with E-state index in [1.54, 1.807) is 11.0 Å². The third kappa shape index (κ3) is 2.87. The minimum absolute atomic E-state index is 0.00199. The average molecular weight is 237 g/mol. The standard InChI is InChI=1S/C13H19NO3/c1-9-2-3-10(6-9)7-12(15)14-5-4-11(8-14)13(16)17/h7,9,11H,2-6,8H2,1H3,(H,16,17)/b10-7+. The summed E-state index contributed by atoms with van der Waals surface area (Å²) >= 11 is 0. The monoisotopic (exact) mass is 237 g/mol. The molecule has 0 aromatic heterocycles. The van der Waals surface area contributed by atoms with Gasteiger partial charge in [-0.2, -0.15) is 0 Å². The first-order valence-corrected chi connectivity index (χ1v) is 6.27. The van der Waals surface area contributed by atoms with Crippen molar-refractivity contribution in [2.75, 3.05) is 13.1 Å². The van der Waals surface area contributed by atoms with Gasteiger partial charge in [0.15, 0.2) is 0 Å². The molecule has 17 heavy (non-hydrogen) atoms. The van der Waals surface area contributed by atoms with Crippen LogP contribution in [0.5, 0.6) is 0 Å². The van der Waals surface area contributed by atoms with Crippen molar-refractivity contribution in [1.82, 2.24) is 4.90 Å². The molecule has 2 aliphatic rings. The molecule has 2 rings (SSSR count). The molecule has 2 atom stereocenters. The van der Waals surface area contributed by atoms with Gasteiger partial charge < -0.3 is 10.0 Å². The molecular formula is C13H19NO3. The number of carbonyl (C=O) groups is 2. The quantitative estimate of drug-likeness (QED) is 0.743. The molecule has 1 aliphatic carbocycles. The highest BCUT2D eigenvalue weighted by atomic mass is 16.4. The molecule has 2 unspecified atom stereocenters. The van der Waals surface area contributed by atoms with Crippen LogP contribution in [-0.4, -0.2) is 35.0 Å². The van der Waals surface area contributed by atoms with E-state index < -0.39 is 5.97 Å². The zero-order valence-corrected chi connectivity index (χ0v) is 10.2. The van der Waals surface area contributed by atoms with E-state index in [-0.39, 0.29) is 11.8 Å². The van der Waals surface area contributed by atoms with Crippen LogP contribution in [0.4, 0.5) is 0 Å². The SMILES string of the molecule is CC1CC/C(=C\C(=O)N2CCC(C(=O)O)C2)C1. The molecule has 4 nitrogen and oxygen atoms in total. The molecule has 0 bridgehead atoms. The molecule has 1 heterocycles. The van der Waals surface area contributed by atoms with Gasteiger partial charge in [-0.15, -0.1) is 0 Å². The van der Waals surface area contributed by atoms with Gasteiger partial charge in [-0.3, -0.25) is 9.59 Å². The lowest BCUT2D eigenvalue weighted by molar-refractivity contribution is -0.141. The molecule has 2 fully saturated rings. The summed E-state index contributed by atoms with van der Waals surface area (Å²) in [5, 5.41) is 8.88. The van der Waals surface area contributed by atoms with Crippen LogP contribution in [-0.2, 0) is 9.59 Å². The van der Waals surface area contributed by atoms with Gasteiger partial charge in [0.1, 0.15) is 0 Å². The third-order valence-electron chi connectivity index (χ3n) is 3.75. The number of carboxylic acids is 1. The van der Waals surface area contributed by atoms with E-state index in [4.69, 9.17) is 5.11 Å². The Balaban J connectivity index is 1.91. The van der Waals surface area contributed by atoms with Gasteiger partial charge in [0.2, 0.25) is 5.91 Å². The molecular weight excluding hydrogens is 218 g/mol. The molecule has 1 saturated heterocycles. The topological polar surface area (TPSA) is 57.6 Å². The van der Waals surface area contributed by atoms with Crippen LogP contribution in [0.2, 0.25) is 0 Å². The van der Waals surface area contributed by atoms with E-state index in [9.17, 15) is 9.59 Å². The van der Waals surface area contributed by atoms with Gasteiger partial charge >= 0.3 is 5.97 Å². The number of hydrogen-bond donors (Lipinski definition) is 1. The number of carbonyl (C=O) groups excluding carboxylic acids is 1. The van der Waals surface area contributed by atoms with Gasteiger partial charge in [0.25, 0.3) is 0 Å². The first-order chi connectivity index (χ1) is 8.06. The Labute approximate surface area is 101 Å². The predicted molar refractivity (Wildman–Crippen MR) is 63.4 cm³/mol. The van der Waals surface area contributed by atoms with Crippen molar-refractivity contribution in [3.8, 4) is 0 Å². The molecule has 0 aromatic rings. The molecule has 4 heteroatoms. The van der Waals surface area contributed by atoms with E-state index >= 15 is 0 Å². The molecule has 0 spiro atoms. The fourth-order valence-corrected chi connectivity index (χ4v) is 2.64. The Bertz CT molecular complexity index is 362. The fraction of sp³-hybridized carbons (Fsp3) is 0.692. The van der Waals surface area contributed by atoms with E-state index in [2.05, 4.69) is 6.92 Å². The summed E-state index contributed by atoms with van der Waals surface area (Å²) in [6.45, 7) is 3.14. The summed E-state index contributed by atoms with van der Waals surface area (Å²) in [5.74, 6) is -0.487. The van der Waals surface area contributed by atoms with Crippen molar-refractivity contribution in [2.24, 2.45) is 11.8 Å². The number of likely N-dealkylation sites (tertiary alicyclic amines) is 1. The van der Waals surface area contributed by atoms with E-state index in [1.807, 2.05) is 0 Å². The van der Waals surface area contributed by atoms with Crippen molar-refractivity contribution in [3.05, 3.63) is 11.6 Å². The van der Waals surface area contributed by atoms with Crippen LogP contribution in [0.15, 0.2) is 11.6 Å². The number of nitrogens with zero attached hydrogens (tertiary/aromatic N) is 1. The van der Waals surface area contributed by atoms with E-state index in [0.717, 1.165) is 19.3 Å². The average Bonchev–Trinajstić information content (AvgIpc) is 2.86. The number of rotatable bonds is 2. The van der Waals surface area contributed by atoms with Crippen molar-refractivity contribution in [1.29, 1.82) is 0 Å². The number of aliphatic carboxylic acids is 1. The summed E-state index contributed by atoms with van der Waals surface area (Å²) < 4.78 is 0. The number of hydrogen-bond acceptors (Lipinski definition) is 2. The van der Waals surface area contributed by atoms with E-state index in [0.29, 0.717) is 25.4 Å². The predicted octanol–water partition coefficient (Wildman–Crippen LogP) is 1.67. The minimum Gasteiger partial charge on any atom is -0.481 e. The smallest absolute Gasteiger partial charge is 0.308 e. The van der Waals surface area contributed by atoms with Gasteiger partial charge in [0.05, 0.1) is 5.92 Å². The molecule has 1 N–H and O–H groups in total. The molecule has 0 radical (unpaired) electrons. The molecule has 94 valence electrons. The van der Waals surface area contributed by atoms with Crippen molar-refractivity contribution >= 4 is 11.9 Å². The summed E-state index contributed by atoms with van der Waals surface area (Å²) in [4.78, 5) is 24.4. The summed E-state index contributed by atoms with van der Waals surface area (Å²) in [6.07, 6.45) is 5.51. The maximum atomic E-state index is 11.9. The second-order valence-corrected chi connectivity index (χ2v) is 5.26. The summed E-state index contributed by atoms with van der Waals surface area (Å²) in [6, 6.07) is 0. The van der Waals surface area contributed by atoms with Crippen LogP contribution < -0.4 is 0 Å². The van der Waals surface area contributed by atoms with Crippen LogP contribution >= 0.6 is 0 Å². The Kier molecular flexibility index (Phi) is 3.50. The Morgan fingerprint density at radius 2 is 2.18 bits per heavy atom. The lowest BCUT2D eigenvalue weighted by Gasteiger charge is -2.13. The lowest BCUT2D eigenvalue weighted by Crippen LogP contribution is -2.28. The fourth-order valence-electron chi connectivity index (χ4n) is 2.64.